The van der Waals surface area contributed by atoms with E-state index in [1.54, 1.807) is 0 Å². The van der Waals surface area contributed by atoms with Gasteiger partial charge >= 0.3 is 0 Å². The fourth-order valence-electron chi connectivity index (χ4n) is 2.22. The Balaban J connectivity index is 2.08. The quantitative estimate of drug-likeness (QED) is 0.642. The summed E-state index contributed by atoms with van der Waals surface area (Å²) in [7, 11) is 0. The molecular formula is C12H25N3O2. The summed E-state index contributed by atoms with van der Waals surface area (Å²) < 4.78 is 5.67. The van der Waals surface area contributed by atoms with Gasteiger partial charge in [-0.1, -0.05) is 0 Å². The maximum atomic E-state index is 11.2. The van der Waals surface area contributed by atoms with E-state index in [-0.39, 0.29) is 5.91 Å². The van der Waals surface area contributed by atoms with E-state index in [1.807, 2.05) is 0 Å². The summed E-state index contributed by atoms with van der Waals surface area (Å²) in [5.74, 6) is 0.0520. The Morgan fingerprint density at radius 2 is 2.06 bits per heavy atom. The van der Waals surface area contributed by atoms with Gasteiger partial charge in [0.25, 0.3) is 0 Å². The summed E-state index contributed by atoms with van der Waals surface area (Å²) in [6.45, 7) is 8.35. The topological polar surface area (TPSA) is 67.6 Å². The first-order valence-corrected chi connectivity index (χ1v) is 6.46. The normalized spacial score (nSPS) is 25.8. The first-order valence-electron chi connectivity index (χ1n) is 6.46. The number of nitrogens with zero attached hydrogens (tertiary/aromatic N) is 1. The second-order valence-corrected chi connectivity index (χ2v) is 4.76. The molecule has 0 aromatic rings. The molecule has 1 aliphatic heterocycles. The van der Waals surface area contributed by atoms with Crippen LogP contribution in [0.25, 0.3) is 0 Å². The van der Waals surface area contributed by atoms with Gasteiger partial charge in [-0.25, -0.2) is 0 Å². The van der Waals surface area contributed by atoms with Gasteiger partial charge < -0.3 is 15.8 Å². The molecule has 100 valence electrons. The second kappa shape index (κ2) is 7.63. The van der Waals surface area contributed by atoms with Crippen molar-refractivity contribution in [2.75, 3.05) is 32.7 Å². The van der Waals surface area contributed by atoms with E-state index < -0.39 is 0 Å². The zero-order valence-corrected chi connectivity index (χ0v) is 10.9. The van der Waals surface area contributed by atoms with Gasteiger partial charge in [0.2, 0.25) is 5.91 Å². The van der Waals surface area contributed by atoms with Gasteiger partial charge in [-0.05, 0) is 20.3 Å². The molecular weight excluding hydrogens is 218 g/mol. The van der Waals surface area contributed by atoms with Crippen molar-refractivity contribution < 1.29 is 9.53 Å². The summed E-state index contributed by atoms with van der Waals surface area (Å²) in [6, 6.07) is 0. The zero-order chi connectivity index (χ0) is 12.7. The first kappa shape index (κ1) is 14.4. The van der Waals surface area contributed by atoms with Gasteiger partial charge in [0.1, 0.15) is 0 Å². The Morgan fingerprint density at radius 1 is 1.41 bits per heavy atom. The molecule has 0 bridgehead atoms. The van der Waals surface area contributed by atoms with Crippen molar-refractivity contribution in [2.24, 2.45) is 5.73 Å². The van der Waals surface area contributed by atoms with Crippen molar-refractivity contribution in [3.8, 4) is 0 Å². The molecule has 1 heterocycles. The highest BCUT2D eigenvalue weighted by Gasteiger charge is 2.21. The number of carbonyl (C=O) groups excluding carboxylic acids is 1. The summed E-state index contributed by atoms with van der Waals surface area (Å²) in [6.07, 6.45) is 2.03. The van der Waals surface area contributed by atoms with E-state index in [9.17, 15) is 4.79 Å². The third kappa shape index (κ3) is 6.00. The van der Waals surface area contributed by atoms with Crippen LogP contribution in [0.2, 0.25) is 0 Å². The molecule has 0 aliphatic carbocycles. The lowest BCUT2D eigenvalue weighted by Gasteiger charge is -2.35. The van der Waals surface area contributed by atoms with E-state index in [4.69, 9.17) is 10.5 Å². The van der Waals surface area contributed by atoms with E-state index in [0.717, 1.165) is 32.6 Å². The van der Waals surface area contributed by atoms with Crippen molar-refractivity contribution in [2.45, 2.75) is 38.9 Å². The van der Waals surface area contributed by atoms with Crippen LogP contribution in [0.4, 0.5) is 0 Å². The molecule has 0 spiro atoms. The van der Waals surface area contributed by atoms with E-state index >= 15 is 0 Å². The van der Waals surface area contributed by atoms with Gasteiger partial charge in [0.05, 0.1) is 12.2 Å². The van der Waals surface area contributed by atoms with Gasteiger partial charge in [-0.3, -0.25) is 9.69 Å². The molecule has 1 aliphatic rings. The molecule has 2 atom stereocenters. The molecule has 3 N–H and O–H groups in total. The maximum Gasteiger partial charge on any atom is 0.221 e. The summed E-state index contributed by atoms with van der Waals surface area (Å²) in [4.78, 5) is 13.6. The molecule has 1 fully saturated rings. The number of amides is 1. The number of nitrogens with one attached hydrogen (secondary N) is 1. The lowest BCUT2D eigenvalue weighted by molar-refractivity contribution is -0.120. The standard InChI is InChI=1S/C12H25N3O2/c1-10-8-15(9-11(2)17-10)7-3-6-14-12(16)4-5-13/h10-11H,3-9,13H2,1-2H3,(H,14,16). The molecule has 0 radical (unpaired) electrons. The van der Waals surface area contributed by atoms with Gasteiger partial charge in [-0.2, -0.15) is 0 Å². The second-order valence-electron chi connectivity index (χ2n) is 4.76. The van der Waals surface area contributed by atoms with Gasteiger partial charge in [0.15, 0.2) is 0 Å². The molecule has 1 saturated heterocycles. The van der Waals surface area contributed by atoms with Crippen molar-refractivity contribution >= 4 is 5.91 Å². The Morgan fingerprint density at radius 3 is 2.65 bits per heavy atom. The molecule has 5 nitrogen and oxygen atoms in total. The predicted molar refractivity (Wildman–Crippen MR) is 67.7 cm³/mol. The van der Waals surface area contributed by atoms with Crippen LogP contribution in [-0.2, 0) is 9.53 Å². The van der Waals surface area contributed by atoms with Crippen molar-refractivity contribution in [3.63, 3.8) is 0 Å². The smallest absolute Gasteiger partial charge is 0.221 e. The minimum Gasteiger partial charge on any atom is -0.373 e. The molecule has 0 saturated carbocycles. The first-order chi connectivity index (χ1) is 8.11. The lowest BCUT2D eigenvalue weighted by Crippen LogP contribution is -2.46. The van der Waals surface area contributed by atoms with Crippen LogP contribution in [0.5, 0.6) is 0 Å². The predicted octanol–water partition coefficient (Wildman–Crippen LogP) is -0.0493. The van der Waals surface area contributed by atoms with Gasteiger partial charge in [0, 0.05) is 39.1 Å². The number of nitrogens with two attached hydrogens (primary N) is 1. The number of rotatable bonds is 6. The Hall–Kier alpha value is -0.650. The molecule has 1 rings (SSSR count). The molecule has 2 unspecified atom stereocenters. The summed E-state index contributed by atoms with van der Waals surface area (Å²) >= 11 is 0. The fourth-order valence-corrected chi connectivity index (χ4v) is 2.22. The monoisotopic (exact) mass is 243 g/mol. The van der Waals surface area contributed by atoms with E-state index in [1.165, 1.54) is 0 Å². The van der Waals surface area contributed by atoms with Crippen LogP contribution in [-0.4, -0.2) is 55.7 Å². The minimum absolute atomic E-state index is 0.0520. The van der Waals surface area contributed by atoms with Crippen LogP contribution in [0.15, 0.2) is 0 Å². The summed E-state index contributed by atoms with van der Waals surface area (Å²) in [5, 5.41) is 2.87. The summed E-state index contributed by atoms with van der Waals surface area (Å²) in [5.41, 5.74) is 5.30. The van der Waals surface area contributed by atoms with Gasteiger partial charge in [-0.15, -0.1) is 0 Å². The highest BCUT2D eigenvalue weighted by molar-refractivity contribution is 5.75. The number of hydrogen-bond acceptors (Lipinski definition) is 4. The lowest BCUT2D eigenvalue weighted by atomic mass is 10.2. The average molecular weight is 243 g/mol. The Kier molecular flexibility index (Phi) is 6.47. The highest BCUT2D eigenvalue weighted by atomic mass is 16.5. The number of ether oxygens (including phenoxy) is 1. The van der Waals surface area contributed by atoms with Crippen LogP contribution >= 0.6 is 0 Å². The van der Waals surface area contributed by atoms with E-state index in [0.29, 0.717) is 25.2 Å². The van der Waals surface area contributed by atoms with Crippen LogP contribution in [0.3, 0.4) is 0 Å². The van der Waals surface area contributed by atoms with Crippen LogP contribution in [0.1, 0.15) is 26.7 Å². The highest BCUT2D eigenvalue weighted by Crippen LogP contribution is 2.10. The van der Waals surface area contributed by atoms with Crippen molar-refractivity contribution in [1.29, 1.82) is 0 Å². The average Bonchev–Trinajstić information content (AvgIpc) is 2.23. The number of hydrogen-bond donors (Lipinski definition) is 2. The Bertz CT molecular complexity index is 226. The zero-order valence-electron chi connectivity index (χ0n) is 10.9. The molecule has 1 amide bonds. The largest absolute Gasteiger partial charge is 0.373 e. The minimum atomic E-state index is 0.0520. The number of morpholine rings is 1. The van der Waals surface area contributed by atoms with Crippen molar-refractivity contribution in [3.05, 3.63) is 0 Å². The molecule has 17 heavy (non-hydrogen) atoms. The molecule has 5 heteroatoms. The molecule has 0 aromatic heterocycles. The molecule has 0 aromatic carbocycles. The SMILES string of the molecule is CC1CN(CCCNC(=O)CCN)CC(C)O1. The van der Waals surface area contributed by atoms with E-state index in [2.05, 4.69) is 24.1 Å². The van der Waals surface area contributed by atoms with Crippen molar-refractivity contribution in [1.82, 2.24) is 10.2 Å². The fraction of sp³-hybridized carbons (Fsp3) is 0.917. The van der Waals surface area contributed by atoms with Crippen LogP contribution < -0.4 is 11.1 Å². The Labute approximate surface area is 104 Å². The third-order valence-electron chi connectivity index (χ3n) is 2.84. The van der Waals surface area contributed by atoms with Crippen LogP contribution in [0, 0.1) is 0 Å². The maximum absolute atomic E-state index is 11.2. The number of carbonyl (C=O) groups is 1. The third-order valence-corrected chi connectivity index (χ3v) is 2.84.